The SMILES string of the molecule is Cc1nc(C(F)(F)F)ccc1COc1cc(C(=O)N(C)C)c2c(C(C)C(=O)O)csc2c1. The molecule has 2 heterocycles. The molecule has 3 rings (SSSR count). The van der Waals surface area contributed by atoms with Gasteiger partial charge in [0.2, 0.25) is 0 Å². The number of aliphatic carboxylic acids is 1. The molecule has 10 heteroatoms. The zero-order valence-corrected chi connectivity index (χ0v) is 18.6. The lowest BCUT2D eigenvalue weighted by atomic mass is 9.96. The van der Waals surface area contributed by atoms with E-state index in [1.807, 2.05) is 0 Å². The Morgan fingerprint density at radius 1 is 1.25 bits per heavy atom. The number of halogens is 3. The molecule has 6 nitrogen and oxygen atoms in total. The number of fused-ring (bicyclic) bond motifs is 1. The number of thiophene rings is 1. The number of nitrogens with zero attached hydrogens (tertiary/aromatic N) is 2. The fraction of sp³-hybridized carbons (Fsp3) is 0.318. The predicted octanol–water partition coefficient (Wildman–Crippen LogP) is 5.09. The normalized spacial score (nSPS) is 12.6. The fourth-order valence-corrected chi connectivity index (χ4v) is 4.28. The molecule has 1 amide bonds. The van der Waals surface area contributed by atoms with E-state index in [2.05, 4.69) is 4.98 Å². The molecule has 0 aliphatic rings. The van der Waals surface area contributed by atoms with E-state index in [1.54, 1.807) is 32.5 Å². The number of alkyl halides is 3. The van der Waals surface area contributed by atoms with Gasteiger partial charge in [-0.3, -0.25) is 9.59 Å². The Labute approximate surface area is 186 Å². The lowest BCUT2D eigenvalue weighted by molar-refractivity contribution is -0.141. The van der Waals surface area contributed by atoms with Gasteiger partial charge in [-0.1, -0.05) is 6.07 Å². The van der Waals surface area contributed by atoms with Crippen LogP contribution in [0.4, 0.5) is 13.2 Å². The fourth-order valence-electron chi connectivity index (χ4n) is 3.17. The topological polar surface area (TPSA) is 79.7 Å². The number of hydrogen-bond donors (Lipinski definition) is 1. The van der Waals surface area contributed by atoms with Gasteiger partial charge in [-0.25, -0.2) is 4.98 Å². The Balaban J connectivity index is 1.98. The van der Waals surface area contributed by atoms with Crippen LogP contribution in [0.5, 0.6) is 5.75 Å². The number of carboxylic acid groups (broad SMARTS) is 1. The third-order valence-corrected chi connectivity index (χ3v) is 5.98. The highest BCUT2D eigenvalue weighted by atomic mass is 32.1. The molecule has 32 heavy (non-hydrogen) atoms. The lowest BCUT2D eigenvalue weighted by Gasteiger charge is -2.16. The van der Waals surface area contributed by atoms with Crippen molar-refractivity contribution >= 4 is 33.3 Å². The number of aryl methyl sites for hydroxylation is 1. The molecule has 0 spiro atoms. The summed E-state index contributed by atoms with van der Waals surface area (Å²) in [4.78, 5) is 29.3. The van der Waals surface area contributed by atoms with Crippen molar-refractivity contribution in [2.75, 3.05) is 14.1 Å². The number of aromatic nitrogens is 1. The molecule has 170 valence electrons. The Hall–Kier alpha value is -3.14. The second-order valence-electron chi connectivity index (χ2n) is 7.52. The van der Waals surface area contributed by atoms with E-state index in [4.69, 9.17) is 4.74 Å². The van der Waals surface area contributed by atoms with Crippen molar-refractivity contribution in [3.8, 4) is 5.75 Å². The van der Waals surface area contributed by atoms with Crippen molar-refractivity contribution in [1.29, 1.82) is 0 Å². The van der Waals surface area contributed by atoms with E-state index >= 15 is 0 Å². The molecule has 1 N–H and O–H groups in total. The van der Waals surface area contributed by atoms with Crippen molar-refractivity contribution in [3.05, 3.63) is 57.7 Å². The van der Waals surface area contributed by atoms with Gasteiger partial charge in [0.05, 0.1) is 11.5 Å². The van der Waals surface area contributed by atoms with Gasteiger partial charge in [-0.05, 0) is 43.0 Å². The minimum absolute atomic E-state index is 0.0398. The zero-order chi connectivity index (χ0) is 23.8. The molecule has 0 radical (unpaired) electrons. The first kappa shape index (κ1) is 23.5. The zero-order valence-electron chi connectivity index (χ0n) is 17.8. The van der Waals surface area contributed by atoms with E-state index < -0.39 is 23.8 Å². The van der Waals surface area contributed by atoms with Gasteiger partial charge >= 0.3 is 12.1 Å². The number of carbonyl (C=O) groups is 2. The number of hydrogen-bond acceptors (Lipinski definition) is 5. The van der Waals surface area contributed by atoms with Crippen LogP contribution in [0.2, 0.25) is 0 Å². The van der Waals surface area contributed by atoms with Crippen LogP contribution in [0.1, 0.15) is 45.7 Å². The highest BCUT2D eigenvalue weighted by molar-refractivity contribution is 7.17. The third kappa shape index (κ3) is 4.69. The summed E-state index contributed by atoms with van der Waals surface area (Å²) in [7, 11) is 3.18. The quantitative estimate of drug-likeness (QED) is 0.547. The summed E-state index contributed by atoms with van der Waals surface area (Å²) >= 11 is 1.30. The van der Waals surface area contributed by atoms with Crippen LogP contribution in [0.3, 0.4) is 0 Å². The van der Waals surface area contributed by atoms with Crippen LogP contribution < -0.4 is 4.74 Å². The van der Waals surface area contributed by atoms with Crippen molar-refractivity contribution in [2.45, 2.75) is 32.5 Å². The molecule has 0 bridgehead atoms. The number of benzene rings is 1. The van der Waals surface area contributed by atoms with Crippen LogP contribution in [0, 0.1) is 6.92 Å². The molecule has 1 atom stereocenters. The average Bonchev–Trinajstić information content (AvgIpc) is 3.14. The van der Waals surface area contributed by atoms with E-state index in [1.165, 1.54) is 35.3 Å². The largest absolute Gasteiger partial charge is 0.489 e. The van der Waals surface area contributed by atoms with Gasteiger partial charge in [0.15, 0.2) is 0 Å². The van der Waals surface area contributed by atoms with E-state index in [9.17, 15) is 27.9 Å². The highest BCUT2D eigenvalue weighted by Gasteiger charge is 2.32. The van der Waals surface area contributed by atoms with Gasteiger partial charge in [0.25, 0.3) is 5.91 Å². The molecule has 0 aliphatic carbocycles. The van der Waals surface area contributed by atoms with Crippen LogP contribution in [0.15, 0.2) is 29.6 Å². The minimum atomic E-state index is -4.53. The molecular formula is C22H21F3N2O4S. The number of rotatable bonds is 6. The number of ether oxygens (including phenoxy) is 1. The third-order valence-electron chi connectivity index (χ3n) is 5.03. The van der Waals surface area contributed by atoms with E-state index in [0.29, 0.717) is 32.5 Å². The van der Waals surface area contributed by atoms with Gasteiger partial charge in [-0.15, -0.1) is 11.3 Å². The highest BCUT2D eigenvalue weighted by Crippen LogP contribution is 2.37. The molecule has 0 fully saturated rings. The number of amides is 1. The number of pyridine rings is 1. The smallest absolute Gasteiger partial charge is 0.433 e. The molecule has 1 unspecified atom stereocenters. The summed E-state index contributed by atoms with van der Waals surface area (Å²) in [5.74, 6) is -1.77. The second kappa shape index (κ2) is 8.78. The van der Waals surface area contributed by atoms with Crippen molar-refractivity contribution in [2.24, 2.45) is 0 Å². The Bertz CT molecular complexity index is 1190. The van der Waals surface area contributed by atoms with Gasteiger partial charge < -0.3 is 14.7 Å². The summed E-state index contributed by atoms with van der Waals surface area (Å²) in [6.45, 7) is 2.98. The molecule has 0 saturated carbocycles. The minimum Gasteiger partial charge on any atom is -0.489 e. The van der Waals surface area contributed by atoms with Gasteiger partial charge in [-0.2, -0.15) is 13.2 Å². The molecule has 2 aromatic heterocycles. The Morgan fingerprint density at radius 2 is 1.94 bits per heavy atom. The summed E-state index contributed by atoms with van der Waals surface area (Å²) in [6, 6.07) is 5.43. The first-order valence-corrected chi connectivity index (χ1v) is 10.4. The van der Waals surface area contributed by atoms with E-state index in [-0.39, 0.29) is 18.2 Å². The monoisotopic (exact) mass is 466 g/mol. The molecule has 1 aromatic carbocycles. The molecule has 3 aromatic rings. The van der Waals surface area contributed by atoms with Gasteiger partial charge in [0.1, 0.15) is 18.1 Å². The maximum atomic E-state index is 12.8. The predicted molar refractivity (Wildman–Crippen MR) is 114 cm³/mol. The average molecular weight is 466 g/mol. The van der Waals surface area contributed by atoms with Crippen LogP contribution in [-0.4, -0.2) is 41.0 Å². The van der Waals surface area contributed by atoms with Crippen molar-refractivity contribution < 1.29 is 32.6 Å². The second-order valence-corrected chi connectivity index (χ2v) is 8.43. The first-order valence-electron chi connectivity index (χ1n) is 9.56. The van der Waals surface area contributed by atoms with Crippen LogP contribution in [0.25, 0.3) is 10.1 Å². The first-order chi connectivity index (χ1) is 14.9. The Kier molecular flexibility index (Phi) is 6.45. The summed E-state index contributed by atoms with van der Waals surface area (Å²) < 4.78 is 45.0. The maximum absolute atomic E-state index is 12.8. The van der Waals surface area contributed by atoms with Crippen molar-refractivity contribution in [3.63, 3.8) is 0 Å². The molecule has 0 saturated heterocycles. The molecular weight excluding hydrogens is 445 g/mol. The summed E-state index contributed by atoms with van der Waals surface area (Å²) in [5.41, 5.74) is 0.535. The summed E-state index contributed by atoms with van der Waals surface area (Å²) in [6.07, 6.45) is -4.53. The van der Waals surface area contributed by atoms with E-state index in [0.717, 1.165) is 6.07 Å². The van der Waals surface area contributed by atoms with Crippen LogP contribution in [-0.2, 0) is 17.6 Å². The molecule has 0 aliphatic heterocycles. The maximum Gasteiger partial charge on any atom is 0.433 e. The Morgan fingerprint density at radius 3 is 2.50 bits per heavy atom. The number of carbonyl (C=O) groups excluding carboxylic acids is 1. The standard InChI is InChI=1S/C22H21F3N2O4S/c1-11(21(29)30)16-10-32-17-8-14(7-15(19(16)17)20(28)27(3)4)31-9-13-5-6-18(22(23,24)25)26-12(13)2/h5-8,10-11H,9H2,1-4H3,(H,29,30). The summed E-state index contributed by atoms with van der Waals surface area (Å²) in [5, 5.41) is 11.7. The van der Waals surface area contributed by atoms with Gasteiger partial charge in [0, 0.05) is 35.4 Å². The van der Waals surface area contributed by atoms with Crippen molar-refractivity contribution in [1.82, 2.24) is 9.88 Å². The lowest BCUT2D eigenvalue weighted by Crippen LogP contribution is -2.22. The van der Waals surface area contributed by atoms with Crippen LogP contribution >= 0.6 is 11.3 Å². The number of carboxylic acids is 1.